The third kappa shape index (κ3) is 6.22. The topological polar surface area (TPSA) is 89.0 Å². The summed E-state index contributed by atoms with van der Waals surface area (Å²) in [6, 6.07) is 17.1. The Hall–Kier alpha value is -4.13. The Bertz CT molecular complexity index is 1290. The van der Waals surface area contributed by atoms with Gasteiger partial charge in [-0.15, -0.1) is 0 Å². The highest BCUT2D eigenvalue weighted by molar-refractivity contribution is 6.46. The van der Waals surface area contributed by atoms with Gasteiger partial charge in [-0.05, 0) is 78.4 Å². The molecule has 0 aliphatic carbocycles. The molecule has 1 fully saturated rings. The van der Waals surface area contributed by atoms with E-state index in [0.717, 1.165) is 18.4 Å². The largest absolute Gasteiger partial charge is 0.507 e. The minimum absolute atomic E-state index is 0.0469. The zero-order valence-corrected chi connectivity index (χ0v) is 22.1. The first-order chi connectivity index (χ1) is 18.4. The number of rotatable bonds is 11. The van der Waals surface area contributed by atoms with Crippen molar-refractivity contribution in [1.29, 1.82) is 0 Å². The molecule has 0 radical (unpaired) electrons. The van der Waals surface area contributed by atoms with E-state index in [1.807, 2.05) is 31.2 Å². The lowest BCUT2D eigenvalue weighted by molar-refractivity contribution is -0.140. The van der Waals surface area contributed by atoms with Crippen LogP contribution >= 0.6 is 0 Å². The van der Waals surface area contributed by atoms with E-state index < -0.39 is 17.7 Å². The normalized spacial score (nSPS) is 16.7. The van der Waals surface area contributed by atoms with Gasteiger partial charge < -0.3 is 19.5 Å². The summed E-state index contributed by atoms with van der Waals surface area (Å²) in [7, 11) is 0. The fraction of sp³-hybridized carbons (Fsp3) is 0.323. The molecule has 7 heteroatoms. The van der Waals surface area contributed by atoms with Crippen molar-refractivity contribution < 1.29 is 24.2 Å². The molecule has 0 bridgehead atoms. The molecule has 198 valence electrons. The zero-order valence-electron chi connectivity index (χ0n) is 22.1. The zero-order chi connectivity index (χ0) is 27.1. The number of carbonyl (C=O) groups excluding carboxylic acids is 2. The molecule has 7 nitrogen and oxygen atoms in total. The second kappa shape index (κ2) is 12.4. The number of carbonyl (C=O) groups is 2. The lowest BCUT2D eigenvalue weighted by atomic mass is 9.95. The Morgan fingerprint density at radius 2 is 1.68 bits per heavy atom. The summed E-state index contributed by atoms with van der Waals surface area (Å²) in [5.41, 5.74) is 1.99. The monoisotopic (exact) mass is 514 g/mol. The molecule has 2 heterocycles. The van der Waals surface area contributed by atoms with Crippen molar-refractivity contribution in [2.45, 2.75) is 46.2 Å². The third-order valence-electron chi connectivity index (χ3n) is 6.38. The lowest BCUT2D eigenvalue weighted by Gasteiger charge is -2.26. The molecular weight excluding hydrogens is 480 g/mol. The number of pyridine rings is 1. The first kappa shape index (κ1) is 26.9. The highest BCUT2D eigenvalue weighted by Gasteiger charge is 2.46. The van der Waals surface area contributed by atoms with E-state index in [-0.39, 0.29) is 17.9 Å². The highest BCUT2D eigenvalue weighted by atomic mass is 16.5. The summed E-state index contributed by atoms with van der Waals surface area (Å²) < 4.78 is 11.6. The molecule has 1 N–H and O–H groups in total. The minimum Gasteiger partial charge on any atom is -0.507 e. The van der Waals surface area contributed by atoms with Crippen molar-refractivity contribution in [1.82, 2.24) is 9.88 Å². The van der Waals surface area contributed by atoms with E-state index in [9.17, 15) is 14.7 Å². The second-order valence-electron chi connectivity index (χ2n) is 9.76. The van der Waals surface area contributed by atoms with Crippen molar-refractivity contribution in [3.05, 3.63) is 95.3 Å². The number of Topliss-reactive ketones (excluding diaryl/α,β-unsaturated/α-hetero) is 1. The molecule has 4 rings (SSSR count). The van der Waals surface area contributed by atoms with Crippen LogP contribution in [0.25, 0.3) is 5.76 Å². The van der Waals surface area contributed by atoms with Gasteiger partial charge in [-0.1, -0.05) is 32.9 Å². The van der Waals surface area contributed by atoms with Crippen LogP contribution in [0, 0.1) is 5.92 Å². The van der Waals surface area contributed by atoms with Crippen molar-refractivity contribution in [3.63, 3.8) is 0 Å². The Kier molecular flexibility index (Phi) is 8.79. The molecule has 0 spiro atoms. The van der Waals surface area contributed by atoms with Gasteiger partial charge in [0.15, 0.2) is 0 Å². The molecule has 1 atom stereocenters. The van der Waals surface area contributed by atoms with Crippen LogP contribution in [-0.2, 0) is 16.1 Å². The maximum atomic E-state index is 13.4. The van der Waals surface area contributed by atoms with Gasteiger partial charge in [0.05, 0.1) is 24.8 Å². The van der Waals surface area contributed by atoms with Crippen LogP contribution in [-0.4, -0.2) is 39.9 Å². The Morgan fingerprint density at radius 3 is 2.37 bits per heavy atom. The van der Waals surface area contributed by atoms with Gasteiger partial charge in [-0.2, -0.15) is 0 Å². The number of nitrogens with zero attached hydrogens (tertiary/aromatic N) is 2. The lowest BCUT2D eigenvalue weighted by Crippen LogP contribution is -2.29. The van der Waals surface area contributed by atoms with Crippen LogP contribution in [0.15, 0.2) is 78.6 Å². The smallest absolute Gasteiger partial charge is 0.295 e. The van der Waals surface area contributed by atoms with Crippen molar-refractivity contribution in [3.8, 4) is 11.5 Å². The predicted octanol–water partition coefficient (Wildman–Crippen LogP) is 5.92. The standard InChI is InChI=1S/C31H34N2O5/c1-4-17-37-25-10-8-23(9-11-25)29(34)27-28(24-6-5-7-26(19-24)38-18-14-21(2)3)33(31(36)30(27)35)20-22-12-15-32-16-13-22/h5-13,15-16,19,21,28,34H,4,14,17-18,20H2,1-3H3. The highest BCUT2D eigenvalue weighted by Crippen LogP contribution is 2.41. The van der Waals surface area contributed by atoms with E-state index in [1.165, 1.54) is 4.90 Å². The number of aliphatic hydroxyl groups is 1. The molecule has 3 aromatic rings. The van der Waals surface area contributed by atoms with Gasteiger partial charge in [0.25, 0.3) is 11.7 Å². The molecule has 2 aromatic carbocycles. The molecule has 1 aliphatic rings. The average molecular weight is 515 g/mol. The third-order valence-corrected chi connectivity index (χ3v) is 6.38. The Balaban J connectivity index is 1.75. The number of ether oxygens (including phenoxy) is 2. The fourth-order valence-corrected chi connectivity index (χ4v) is 4.35. The second-order valence-corrected chi connectivity index (χ2v) is 9.76. The van der Waals surface area contributed by atoms with Gasteiger partial charge >= 0.3 is 0 Å². The number of amides is 1. The molecule has 38 heavy (non-hydrogen) atoms. The summed E-state index contributed by atoms with van der Waals surface area (Å²) in [6.45, 7) is 7.63. The van der Waals surface area contributed by atoms with Gasteiger partial charge in [-0.3, -0.25) is 14.6 Å². The van der Waals surface area contributed by atoms with E-state index in [0.29, 0.717) is 41.8 Å². The summed E-state index contributed by atoms with van der Waals surface area (Å²) in [5, 5.41) is 11.4. The molecule has 1 saturated heterocycles. The van der Waals surface area contributed by atoms with E-state index in [4.69, 9.17) is 9.47 Å². The number of hydrogen-bond donors (Lipinski definition) is 1. The summed E-state index contributed by atoms with van der Waals surface area (Å²) in [6.07, 6.45) is 5.07. The summed E-state index contributed by atoms with van der Waals surface area (Å²) in [5.74, 6) is 0.212. The van der Waals surface area contributed by atoms with Crippen LogP contribution in [0.4, 0.5) is 0 Å². The number of aromatic nitrogens is 1. The molecular formula is C31H34N2O5. The SMILES string of the molecule is CCCOc1ccc(C(O)=C2C(=O)C(=O)N(Cc3ccncc3)C2c2cccc(OCCC(C)C)c2)cc1. The number of aliphatic hydroxyl groups excluding tert-OH is 1. The maximum Gasteiger partial charge on any atom is 0.295 e. The first-order valence-corrected chi connectivity index (χ1v) is 13.0. The molecule has 1 aliphatic heterocycles. The Labute approximate surface area is 223 Å². The average Bonchev–Trinajstić information content (AvgIpc) is 3.17. The van der Waals surface area contributed by atoms with Crippen molar-refractivity contribution in [2.75, 3.05) is 13.2 Å². The Morgan fingerprint density at radius 1 is 0.974 bits per heavy atom. The summed E-state index contributed by atoms with van der Waals surface area (Å²) >= 11 is 0. The summed E-state index contributed by atoms with van der Waals surface area (Å²) in [4.78, 5) is 32.2. The first-order valence-electron chi connectivity index (χ1n) is 13.0. The van der Waals surface area contributed by atoms with Crippen molar-refractivity contribution in [2.24, 2.45) is 5.92 Å². The van der Waals surface area contributed by atoms with E-state index in [1.54, 1.807) is 48.8 Å². The maximum absolute atomic E-state index is 13.4. The van der Waals surface area contributed by atoms with Crippen LogP contribution in [0.2, 0.25) is 0 Å². The fourth-order valence-electron chi connectivity index (χ4n) is 4.35. The molecule has 0 saturated carbocycles. The minimum atomic E-state index is -0.784. The van der Waals surface area contributed by atoms with Crippen LogP contribution in [0.5, 0.6) is 11.5 Å². The van der Waals surface area contributed by atoms with Gasteiger partial charge in [-0.25, -0.2) is 0 Å². The number of benzene rings is 2. The number of hydrogen-bond acceptors (Lipinski definition) is 6. The molecule has 1 aromatic heterocycles. The van der Waals surface area contributed by atoms with Crippen LogP contribution in [0.3, 0.4) is 0 Å². The van der Waals surface area contributed by atoms with Gasteiger partial charge in [0.2, 0.25) is 0 Å². The van der Waals surface area contributed by atoms with E-state index >= 15 is 0 Å². The van der Waals surface area contributed by atoms with Crippen LogP contribution in [0.1, 0.15) is 56.3 Å². The predicted molar refractivity (Wildman–Crippen MR) is 146 cm³/mol. The number of likely N-dealkylation sites (tertiary alicyclic amines) is 1. The van der Waals surface area contributed by atoms with Crippen LogP contribution < -0.4 is 9.47 Å². The van der Waals surface area contributed by atoms with Crippen molar-refractivity contribution >= 4 is 17.4 Å². The van der Waals surface area contributed by atoms with Gasteiger partial charge in [0.1, 0.15) is 17.3 Å². The quantitative estimate of drug-likeness (QED) is 0.194. The molecule has 1 amide bonds. The molecule has 1 unspecified atom stereocenters. The van der Waals surface area contributed by atoms with Gasteiger partial charge in [0, 0.05) is 24.5 Å². The number of ketones is 1. The van der Waals surface area contributed by atoms with E-state index in [2.05, 4.69) is 18.8 Å².